The molecule has 0 spiro atoms. The van der Waals surface area contributed by atoms with E-state index in [1.807, 2.05) is 63.2 Å². The van der Waals surface area contributed by atoms with Gasteiger partial charge in [0, 0.05) is 31.6 Å². The van der Waals surface area contributed by atoms with Crippen LogP contribution in [0.25, 0.3) is 0 Å². The van der Waals surface area contributed by atoms with Crippen molar-refractivity contribution in [3.05, 3.63) is 97.3 Å². The monoisotopic (exact) mass is 549 g/mol. The Hall–Kier alpha value is -4.18. The van der Waals surface area contributed by atoms with Crippen molar-refractivity contribution in [3.8, 4) is 5.75 Å². The number of nitrogens with one attached hydrogen (secondary N) is 2. The average Bonchev–Trinajstić information content (AvgIpc) is 3.30. The summed E-state index contributed by atoms with van der Waals surface area (Å²) in [6, 6.07) is 13.7. The number of H-pyrrole nitrogens is 1. The van der Waals surface area contributed by atoms with Crippen molar-refractivity contribution in [2.75, 3.05) is 6.54 Å². The minimum atomic E-state index is -0.756. The highest BCUT2D eigenvalue weighted by molar-refractivity contribution is 5.79. The molecule has 40 heavy (non-hydrogen) atoms. The lowest BCUT2D eigenvalue weighted by Crippen LogP contribution is -2.39. The Kier molecular flexibility index (Phi) is 9.21. The largest absolute Gasteiger partial charge is 0.489 e. The second kappa shape index (κ2) is 12.8. The first-order chi connectivity index (χ1) is 19.1. The Labute approximate surface area is 232 Å². The topological polar surface area (TPSA) is 129 Å². The van der Waals surface area contributed by atoms with Gasteiger partial charge in [0.25, 0.3) is 5.56 Å². The van der Waals surface area contributed by atoms with Crippen LogP contribution in [0.3, 0.4) is 0 Å². The molecule has 2 N–H and O–H groups in total. The summed E-state index contributed by atoms with van der Waals surface area (Å²) in [6.45, 7) is 7.53. The smallest absolute Gasteiger partial charge is 0.330 e. The first kappa shape index (κ1) is 28.8. The number of aromatic amines is 1. The normalized spacial score (nSPS) is 18.4. The molecule has 2 heterocycles. The maximum absolute atomic E-state index is 12.9. The number of hydrogen-bond acceptors (Lipinski definition) is 7. The van der Waals surface area contributed by atoms with Gasteiger partial charge < -0.3 is 19.5 Å². The van der Waals surface area contributed by atoms with Crippen LogP contribution in [-0.2, 0) is 38.5 Å². The van der Waals surface area contributed by atoms with Crippen molar-refractivity contribution >= 4 is 11.9 Å². The fourth-order valence-electron chi connectivity index (χ4n) is 4.88. The van der Waals surface area contributed by atoms with Crippen LogP contribution in [-0.4, -0.2) is 40.2 Å². The maximum Gasteiger partial charge on any atom is 0.330 e. The molecule has 1 saturated heterocycles. The maximum atomic E-state index is 12.9. The van der Waals surface area contributed by atoms with E-state index in [0.717, 1.165) is 28.0 Å². The lowest BCUT2D eigenvalue weighted by Gasteiger charge is -2.19. The van der Waals surface area contributed by atoms with Gasteiger partial charge in [-0.3, -0.25) is 23.9 Å². The molecule has 0 saturated carbocycles. The van der Waals surface area contributed by atoms with E-state index in [1.54, 1.807) is 0 Å². The predicted octanol–water partition coefficient (Wildman–Crippen LogP) is 2.87. The van der Waals surface area contributed by atoms with Crippen molar-refractivity contribution in [1.82, 2.24) is 14.9 Å². The molecule has 0 aliphatic carbocycles. The van der Waals surface area contributed by atoms with Crippen LogP contribution in [0.5, 0.6) is 5.75 Å². The number of amides is 1. The summed E-state index contributed by atoms with van der Waals surface area (Å²) in [6.07, 6.45) is 0.176. The summed E-state index contributed by atoms with van der Waals surface area (Å²) >= 11 is 0. The second-order valence-electron chi connectivity index (χ2n) is 9.98. The number of benzene rings is 2. The van der Waals surface area contributed by atoms with E-state index in [-0.39, 0.29) is 25.3 Å². The summed E-state index contributed by atoms with van der Waals surface area (Å²) in [5.74, 6) is 0.0306. The number of rotatable bonds is 10. The molecule has 1 aliphatic heterocycles. The lowest BCUT2D eigenvalue weighted by molar-refractivity contribution is -0.149. The number of aromatic nitrogens is 2. The number of carbonyl (C=O) groups excluding carboxylic acids is 2. The summed E-state index contributed by atoms with van der Waals surface area (Å²) in [7, 11) is 0. The van der Waals surface area contributed by atoms with Gasteiger partial charge in [-0.15, -0.1) is 0 Å². The summed E-state index contributed by atoms with van der Waals surface area (Å²) in [5, 5.41) is 2.88. The third kappa shape index (κ3) is 7.06. The van der Waals surface area contributed by atoms with Gasteiger partial charge in [0.15, 0.2) is 0 Å². The van der Waals surface area contributed by atoms with Gasteiger partial charge >= 0.3 is 11.7 Å². The molecule has 1 aromatic heterocycles. The number of aryl methyl sites for hydroxylation is 3. The van der Waals surface area contributed by atoms with Crippen molar-refractivity contribution in [2.45, 2.75) is 72.0 Å². The van der Waals surface area contributed by atoms with E-state index in [4.69, 9.17) is 14.2 Å². The Balaban J connectivity index is 1.39. The molecule has 3 aromatic rings. The molecule has 2 aromatic carbocycles. The van der Waals surface area contributed by atoms with E-state index in [9.17, 15) is 19.2 Å². The molecular weight excluding hydrogens is 514 g/mol. The number of hydrogen-bond donors (Lipinski definition) is 2. The number of ether oxygens (including phenoxy) is 3. The van der Waals surface area contributed by atoms with Crippen LogP contribution in [0.4, 0.5) is 0 Å². The van der Waals surface area contributed by atoms with Gasteiger partial charge in [-0.05, 0) is 54.7 Å². The minimum Gasteiger partial charge on any atom is -0.489 e. The van der Waals surface area contributed by atoms with Crippen molar-refractivity contribution < 1.29 is 23.8 Å². The molecule has 10 heteroatoms. The molecule has 0 radical (unpaired) electrons. The Morgan fingerprint density at radius 3 is 2.48 bits per heavy atom. The van der Waals surface area contributed by atoms with Crippen LogP contribution in [0.15, 0.2) is 58.3 Å². The van der Waals surface area contributed by atoms with Crippen LogP contribution < -0.4 is 21.3 Å². The highest BCUT2D eigenvalue weighted by atomic mass is 16.6. The molecule has 3 atom stereocenters. The third-order valence-corrected chi connectivity index (χ3v) is 6.99. The van der Waals surface area contributed by atoms with E-state index < -0.39 is 35.7 Å². The van der Waals surface area contributed by atoms with E-state index in [0.29, 0.717) is 18.6 Å². The average molecular weight is 550 g/mol. The minimum absolute atomic E-state index is 0.0857. The van der Waals surface area contributed by atoms with Crippen molar-refractivity contribution in [2.24, 2.45) is 0 Å². The lowest BCUT2D eigenvalue weighted by atomic mass is 9.99. The van der Waals surface area contributed by atoms with Gasteiger partial charge in [-0.1, -0.05) is 37.3 Å². The van der Waals surface area contributed by atoms with Crippen LogP contribution in [0, 0.1) is 13.8 Å². The number of carbonyl (C=O) groups is 2. The summed E-state index contributed by atoms with van der Waals surface area (Å²) < 4.78 is 18.7. The molecule has 4 rings (SSSR count). The second-order valence-corrected chi connectivity index (χ2v) is 9.98. The summed E-state index contributed by atoms with van der Waals surface area (Å²) in [5.41, 5.74) is 3.24. The Morgan fingerprint density at radius 1 is 1.12 bits per heavy atom. The first-order valence-corrected chi connectivity index (χ1v) is 13.3. The standard InChI is InChI=1S/C30H35N3O7/c1-5-22-16-33(30(37)32-29(22)36)28-14-25(39-20(4)34)26(40-28)15-31-27(35)13-24-18(2)11-23(12-19(24)3)38-17-21-9-7-6-8-10-21/h6-12,16,25-26,28H,5,13-15,17H2,1-4H3,(H,31,35)(H,32,36,37)/t25?,26-,28-/m0/s1. The zero-order chi connectivity index (χ0) is 28.8. The molecule has 1 unspecified atom stereocenters. The Bertz CT molecular complexity index is 1460. The van der Waals surface area contributed by atoms with Crippen LogP contribution >= 0.6 is 0 Å². The molecule has 1 aliphatic rings. The highest BCUT2D eigenvalue weighted by Crippen LogP contribution is 2.30. The van der Waals surface area contributed by atoms with Crippen molar-refractivity contribution in [1.29, 1.82) is 0 Å². The first-order valence-electron chi connectivity index (χ1n) is 13.3. The molecular formula is C30H35N3O7. The Morgan fingerprint density at radius 2 is 1.82 bits per heavy atom. The van der Waals surface area contributed by atoms with E-state index in [2.05, 4.69) is 10.3 Å². The zero-order valence-corrected chi connectivity index (χ0v) is 23.2. The molecule has 1 amide bonds. The van der Waals surface area contributed by atoms with Gasteiger partial charge in [-0.2, -0.15) is 0 Å². The van der Waals surface area contributed by atoms with Gasteiger partial charge in [0.05, 0.1) is 6.42 Å². The van der Waals surface area contributed by atoms with Gasteiger partial charge in [0.2, 0.25) is 5.91 Å². The zero-order valence-electron chi connectivity index (χ0n) is 23.2. The SMILES string of the molecule is CCc1cn([C@@H]2CC(OC(C)=O)[C@H](CNC(=O)Cc3c(C)cc(OCc4ccccc4)cc3C)O2)c(=O)[nH]c1=O. The van der Waals surface area contributed by atoms with E-state index in [1.165, 1.54) is 17.7 Å². The molecule has 1 fully saturated rings. The van der Waals surface area contributed by atoms with Crippen molar-refractivity contribution in [3.63, 3.8) is 0 Å². The molecule has 0 bridgehead atoms. The number of nitrogens with zero attached hydrogens (tertiary/aromatic N) is 1. The highest BCUT2D eigenvalue weighted by Gasteiger charge is 2.39. The predicted molar refractivity (Wildman–Crippen MR) is 148 cm³/mol. The quantitative estimate of drug-likeness (QED) is 0.372. The molecule has 10 nitrogen and oxygen atoms in total. The summed E-state index contributed by atoms with van der Waals surface area (Å²) in [4.78, 5) is 51.3. The third-order valence-electron chi connectivity index (χ3n) is 6.99. The van der Waals surface area contributed by atoms with Crippen LogP contribution in [0.2, 0.25) is 0 Å². The number of esters is 1. The van der Waals surface area contributed by atoms with E-state index >= 15 is 0 Å². The fraction of sp³-hybridized carbons (Fsp3) is 0.400. The molecule has 212 valence electrons. The van der Waals surface area contributed by atoms with Gasteiger partial charge in [0.1, 0.15) is 30.8 Å². The van der Waals surface area contributed by atoms with Gasteiger partial charge in [-0.25, -0.2) is 4.79 Å². The fourth-order valence-corrected chi connectivity index (χ4v) is 4.88. The van der Waals surface area contributed by atoms with Crippen LogP contribution in [0.1, 0.15) is 54.3 Å².